The fourth-order valence-corrected chi connectivity index (χ4v) is 5.15. The minimum absolute atomic E-state index is 0.185. The van der Waals surface area contributed by atoms with Crippen molar-refractivity contribution < 1.29 is 37.9 Å². The third-order valence-electron chi connectivity index (χ3n) is 7.46. The smallest absolute Gasteiger partial charge is 0.462 e. The highest BCUT2D eigenvalue weighted by Gasteiger charge is 2.22. The minimum atomic E-state index is -4.75. The molecule has 0 aromatic rings. The van der Waals surface area contributed by atoms with Gasteiger partial charge in [-0.1, -0.05) is 159 Å². The van der Waals surface area contributed by atoms with E-state index in [9.17, 15) is 14.2 Å². The maximum Gasteiger partial charge on any atom is 0.469 e. The van der Waals surface area contributed by atoms with E-state index in [0.717, 1.165) is 57.8 Å². The van der Waals surface area contributed by atoms with Crippen LogP contribution in [-0.2, 0) is 28.2 Å². The van der Waals surface area contributed by atoms with Crippen LogP contribution in [0.3, 0.4) is 0 Å². The Bertz CT molecular complexity index is 890. The average Bonchev–Trinajstić information content (AvgIpc) is 3.02. The van der Waals surface area contributed by atoms with Gasteiger partial charge in [-0.2, -0.15) is 0 Å². The summed E-state index contributed by atoms with van der Waals surface area (Å²) in [5.74, 6) is -0.913. The zero-order chi connectivity index (χ0) is 34.0. The number of carbonyl (C=O) groups is 2. The number of ether oxygens (including phenoxy) is 2. The number of phosphoric ester groups is 1. The van der Waals surface area contributed by atoms with E-state index >= 15 is 0 Å². The third-order valence-corrected chi connectivity index (χ3v) is 7.94. The van der Waals surface area contributed by atoms with Crippen LogP contribution in [0.1, 0.15) is 155 Å². The molecule has 2 N–H and O–H groups in total. The second kappa shape index (κ2) is 32.9. The molecule has 0 aromatic heterocycles. The lowest BCUT2D eigenvalue weighted by Crippen LogP contribution is -2.29. The monoisotopic (exact) mass is 668 g/mol. The summed E-state index contributed by atoms with van der Waals surface area (Å²) in [7, 11) is -4.75. The van der Waals surface area contributed by atoms with Gasteiger partial charge in [0.1, 0.15) is 6.61 Å². The molecule has 1 atom stereocenters. The van der Waals surface area contributed by atoms with Crippen molar-refractivity contribution in [3.63, 3.8) is 0 Å². The Balaban J connectivity index is 4.04. The van der Waals surface area contributed by atoms with E-state index in [0.29, 0.717) is 6.42 Å². The Kier molecular flexibility index (Phi) is 31.5. The van der Waals surface area contributed by atoms with E-state index in [1.54, 1.807) is 0 Å². The quantitative estimate of drug-likeness (QED) is 0.0315. The Labute approximate surface area is 280 Å². The molecule has 0 aliphatic carbocycles. The number of hydrogen-bond acceptors (Lipinski definition) is 6. The standard InChI is InChI=1S/C37H65O8P/c1-3-5-7-9-11-13-15-17-18-20-22-24-26-28-30-32-37(39)45-35(34-44-46(40,41)42)33-43-36(38)31-29-27-25-23-21-19-16-14-12-10-8-6-4-2/h5,7,9,11,13,15,17-18,35H,3-4,6,8,10,12,14,16,19-34H2,1-2H3,(H2,40,41,42)/b7-5+,11-9+,15-13+,18-17+/t35-/m1/s1. The van der Waals surface area contributed by atoms with Gasteiger partial charge in [-0.05, 0) is 32.1 Å². The van der Waals surface area contributed by atoms with E-state index < -0.39 is 32.5 Å². The predicted molar refractivity (Wildman–Crippen MR) is 188 cm³/mol. The van der Waals surface area contributed by atoms with E-state index in [1.807, 2.05) is 36.5 Å². The zero-order valence-corrected chi connectivity index (χ0v) is 29.9. The molecule has 0 aliphatic heterocycles. The normalized spacial score (nSPS) is 13.0. The van der Waals surface area contributed by atoms with Crippen LogP contribution in [0.5, 0.6) is 0 Å². The van der Waals surface area contributed by atoms with Crippen LogP contribution in [0, 0.1) is 0 Å². The number of allylic oxidation sites excluding steroid dienone is 8. The zero-order valence-electron chi connectivity index (χ0n) is 29.0. The molecular weight excluding hydrogens is 603 g/mol. The number of rotatable bonds is 32. The Morgan fingerprint density at radius 1 is 0.587 bits per heavy atom. The van der Waals surface area contributed by atoms with Crippen LogP contribution in [-0.4, -0.2) is 41.0 Å². The second-order valence-electron chi connectivity index (χ2n) is 11.9. The van der Waals surface area contributed by atoms with Gasteiger partial charge in [-0.25, -0.2) is 4.57 Å². The number of esters is 2. The minimum Gasteiger partial charge on any atom is -0.462 e. The van der Waals surface area contributed by atoms with Crippen LogP contribution < -0.4 is 0 Å². The van der Waals surface area contributed by atoms with Crippen molar-refractivity contribution in [2.75, 3.05) is 13.2 Å². The van der Waals surface area contributed by atoms with Gasteiger partial charge in [0, 0.05) is 12.8 Å². The van der Waals surface area contributed by atoms with E-state index in [-0.39, 0.29) is 19.4 Å². The lowest BCUT2D eigenvalue weighted by atomic mass is 10.0. The average molecular weight is 669 g/mol. The first-order chi connectivity index (χ1) is 22.3. The summed E-state index contributed by atoms with van der Waals surface area (Å²) >= 11 is 0. The topological polar surface area (TPSA) is 119 Å². The van der Waals surface area contributed by atoms with Gasteiger partial charge in [0.05, 0.1) is 6.61 Å². The summed E-state index contributed by atoms with van der Waals surface area (Å²) in [5, 5.41) is 0. The molecule has 0 unspecified atom stereocenters. The molecule has 46 heavy (non-hydrogen) atoms. The predicted octanol–water partition coefficient (Wildman–Crippen LogP) is 10.4. The van der Waals surface area contributed by atoms with Gasteiger partial charge in [-0.15, -0.1) is 0 Å². The molecule has 0 heterocycles. The molecule has 8 nitrogen and oxygen atoms in total. The second-order valence-corrected chi connectivity index (χ2v) is 13.2. The molecule has 0 spiro atoms. The van der Waals surface area contributed by atoms with E-state index in [4.69, 9.17) is 19.3 Å². The van der Waals surface area contributed by atoms with Crippen LogP contribution in [0.25, 0.3) is 0 Å². The van der Waals surface area contributed by atoms with Gasteiger partial charge in [0.15, 0.2) is 6.10 Å². The maximum atomic E-state index is 12.3. The number of carbonyl (C=O) groups excluding carboxylic acids is 2. The summed E-state index contributed by atoms with van der Waals surface area (Å²) in [5.41, 5.74) is 0. The van der Waals surface area contributed by atoms with Crippen molar-refractivity contribution in [1.82, 2.24) is 0 Å². The number of hydrogen-bond donors (Lipinski definition) is 2. The summed E-state index contributed by atoms with van der Waals surface area (Å²) in [6.07, 6.45) is 38.3. The van der Waals surface area contributed by atoms with Crippen LogP contribution >= 0.6 is 7.82 Å². The summed E-state index contributed by atoms with van der Waals surface area (Å²) in [6.45, 7) is 3.51. The van der Waals surface area contributed by atoms with Crippen LogP contribution in [0.15, 0.2) is 48.6 Å². The Morgan fingerprint density at radius 2 is 1.04 bits per heavy atom. The van der Waals surface area contributed by atoms with Gasteiger partial charge in [0.25, 0.3) is 0 Å². The molecule has 0 amide bonds. The van der Waals surface area contributed by atoms with Crippen molar-refractivity contribution >= 4 is 19.8 Å². The van der Waals surface area contributed by atoms with Crippen molar-refractivity contribution in [3.8, 4) is 0 Å². The molecule has 0 saturated heterocycles. The largest absolute Gasteiger partial charge is 0.469 e. The molecule has 0 radical (unpaired) electrons. The van der Waals surface area contributed by atoms with Crippen LogP contribution in [0.2, 0.25) is 0 Å². The maximum absolute atomic E-state index is 12.3. The van der Waals surface area contributed by atoms with Crippen molar-refractivity contribution in [1.29, 1.82) is 0 Å². The first-order valence-electron chi connectivity index (χ1n) is 18.0. The Hall–Kier alpha value is -1.99. The molecule has 266 valence electrons. The number of phosphoric acid groups is 1. The molecule has 0 bridgehead atoms. The molecule has 0 fully saturated rings. The van der Waals surface area contributed by atoms with Crippen LogP contribution in [0.4, 0.5) is 0 Å². The lowest BCUT2D eigenvalue weighted by molar-refractivity contribution is -0.161. The molecule has 0 rings (SSSR count). The van der Waals surface area contributed by atoms with Crippen molar-refractivity contribution in [3.05, 3.63) is 48.6 Å². The fraction of sp³-hybridized carbons (Fsp3) is 0.730. The van der Waals surface area contributed by atoms with E-state index in [2.05, 4.69) is 30.5 Å². The molecular formula is C37H65O8P. The van der Waals surface area contributed by atoms with Crippen molar-refractivity contribution in [2.24, 2.45) is 0 Å². The summed E-state index contributed by atoms with van der Waals surface area (Å²) in [6, 6.07) is 0. The molecule has 0 aromatic carbocycles. The Morgan fingerprint density at radius 3 is 1.57 bits per heavy atom. The fourth-order valence-electron chi connectivity index (χ4n) is 4.79. The lowest BCUT2D eigenvalue weighted by Gasteiger charge is -2.18. The van der Waals surface area contributed by atoms with Gasteiger partial charge in [-0.3, -0.25) is 14.1 Å². The van der Waals surface area contributed by atoms with Gasteiger partial charge >= 0.3 is 19.8 Å². The third kappa shape index (κ3) is 34.9. The SMILES string of the molecule is CC/C=C/C=C/C=C/C=C/CCCCCCCC(=O)O[C@H](COC(=O)CCCCCCCCCCCCCCC)COP(=O)(O)O. The van der Waals surface area contributed by atoms with Crippen molar-refractivity contribution in [2.45, 2.75) is 161 Å². The highest BCUT2D eigenvalue weighted by molar-refractivity contribution is 7.46. The molecule has 9 heteroatoms. The summed E-state index contributed by atoms with van der Waals surface area (Å²) < 4.78 is 26.2. The first kappa shape index (κ1) is 44.0. The first-order valence-corrected chi connectivity index (χ1v) is 19.5. The highest BCUT2D eigenvalue weighted by Crippen LogP contribution is 2.36. The number of unbranched alkanes of at least 4 members (excludes halogenated alkanes) is 17. The van der Waals surface area contributed by atoms with E-state index in [1.165, 1.54) is 64.2 Å². The highest BCUT2D eigenvalue weighted by atomic mass is 31.2. The van der Waals surface area contributed by atoms with Gasteiger partial charge in [0.2, 0.25) is 0 Å². The molecule has 0 saturated carbocycles. The van der Waals surface area contributed by atoms with Gasteiger partial charge < -0.3 is 19.3 Å². The summed E-state index contributed by atoms with van der Waals surface area (Å²) in [4.78, 5) is 42.6. The molecule has 0 aliphatic rings.